The molecule has 4 rings (SSSR count). The Morgan fingerprint density at radius 1 is 1.00 bits per heavy atom. The van der Waals surface area contributed by atoms with Crippen LogP contribution in [0.15, 0.2) is 11.6 Å². The van der Waals surface area contributed by atoms with Gasteiger partial charge < -0.3 is 14.2 Å². The Labute approximate surface area is 204 Å². The SMILES string of the molecule is CC(=O)OC[C@]12CC[C@H](OC(C)=O)C[C@@H]1CC[C@H]1C3=CC[C@H](OC(=O)C(C)(C)C)[C@@]3(C)CC[C@@H]12. The second-order valence-electron chi connectivity index (χ2n) is 12.5. The fourth-order valence-corrected chi connectivity index (χ4v) is 7.65. The van der Waals surface area contributed by atoms with E-state index >= 15 is 0 Å². The maximum Gasteiger partial charge on any atom is 0.311 e. The van der Waals surface area contributed by atoms with Crippen molar-refractivity contribution >= 4 is 17.9 Å². The zero-order chi connectivity index (χ0) is 24.9. The minimum Gasteiger partial charge on any atom is -0.465 e. The van der Waals surface area contributed by atoms with E-state index in [4.69, 9.17) is 14.2 Å². The molecule has 0 heterocycles. The van der Waals surface area contributed by atoms with Crippen molar-refractivity contribution in [1.82, 2.24) is 0 Å². The lowest BCUT2D eigenvalue weighted by molar-refractivity contribution is -0.173. The van der Waals surface area contributed by atoms with E-state index in [0.29, 0.717) is 24.4 Å². The zero-order valence-electron chi connectivity index (χ0n) is 21.8. The van der Waals surface area contributed by atoms with Gasteiger partial charge in [0.05, 0.1) is 12.0 Å². The highest BCUT2D eigenvalue weighted by Crippen LogP contribution is 2.65. The van der Waals surface area contributed by atoms with Gasteiger partial charge in [0.1, 0.15) is 12.2 Å². The Kier molecular flexibility index (Phi) is 6.67. The number of carbonyl (C=O) groups excluding carboxylic acids is 3. The van der Waals surface area contributed by atoms with Gasteiger partial charge in [0.2, 0.25) is 0 Å². The van der Waals surface area contributed by atoms with Crippen LogP contribution >= 0.6 is 0 Å². The first-order valence-corrected chi connectivity index (χ1v) is 13.1. The van der Waals surface area contributed by atoms with Gasteiger partial charge in [-0.05, 0) is 83.5 Å². The third kappa shape index (κ3) is 4.42. The molecule has 4 aliphatic rings. The second kappa shape index (κ2) is 8.98. The highest BCUT2D eigenvalue weighted by Gasteiger charge is 2.60. The van der Waals surface area contributed by atoms with Crippen LogP contribution in [0.4, 0.5) is 0 Å². The van der Waals surface area contributed by atoms with Gasteiger partial charge in [0, 0.05) is 31.1 Å². The summed E-state index contributed by atoms with van der Waals surface area (Å²) in [6.45, 7) is 11.4. The summed E-state index contributed by atoms with van der Waals surface area (Å²) in [5, 5.41) is 0. The molecule has 0 bridgehead atoms. The third-order valence-corrected chi connectivity index (χ3v) is 9.38. The molecule has 0 saturated heterocycles. The van der Waals surface area contributed by atoms with Crippen LogP contribution in [0.1, 0.15) is 92.9 Å². The van der Waals surface area contributed by atoms with Crippen LogP contribution in [0.5, 0.6) is 0 Å². The van der Waals surface area contributed by atoms with Crippen LogP contribution in [-0.2, 0) is 28.6 Å². The largest absolute Gasteiger partial charge is 0.465 e. The molecule has 0 radical (unpaired) electrons. The van der Waals surface area contributed by atoms with Gasteiger partial charge in [-0.2, -0.15) is 0 Å². The predicted molar refractivity (Wildman–Crippen MR) is 128 cm³/mol. The Balaban J connectivity index is 1.57. The summed E-state index contributed by atoms with van der Waals surface area (Å²) in [4.78, 5) is 36.1. The lowest BCUT2D eigenvalue weighted by atomic mass is 9.46. The quantitative estimate of drug-likeness (QED) is 0.309. The van der Waals surface area contributed by atoms with Crippen molar-refractivity contribution in [3.63, 3.8) is 0 Å². The molecular weight excluding hydrogens is 432 g/mol. The molecule has 34 heavy (non-hydrogen) atoms. The Hall–Kier alpha value is -1.85. The number of rotatable bonds is 4. The summed E-state index contributed by atoms with van der Waals surface area (Å²) >= 11 is 0. The third-order valence-electron chi connectivity index (χ3n) is 9.38. The smallest absolute Gasteiger partial charge is 0.311 e. The number of fused-ring (bicyclic) bond motifs is 5. The van der Waals surface area contributed by atoms with Crippen LogP contribution in [0, 0.1) is 34.0 Å². The van der Waals surface area contributed by atoms with Crippen molar-refractivity contribution in [2.24, 2.45) is 34.0 Å². The summed E-state index contributed by atoms with van der Waals surface area (Å²) in [5.74, 6) is 0.662. The molecule has 4 aliphatic carbocycles. The molecular formula is C28H42O6. The minimum absolute atomic E-state index is 0.0368. The van der Waals surface area contributed by atoms with Gasteiger partial charge in [-0.1, -0.05) is 18.6 Å². The molecule has 0 unspecified atom stereocenters. The van der Waals surface area contributed by atoms with Crippen molar-refractivity contribution in [2.75, 3.05) is 6.61 Å². The molecule has 0 aromatic carbocycles. The standard InChI is InChI=1S/C28H42O6/c1-17(29)32-16-28-14-11-20(33-18(2)30)15-19(28)7-8-21-22-9-10-24(34-25(31)26(3,4)5)27(22,6)13-12-23(21)28/h9,19-21,23-24H,7-8,10-16H2,1-6H3/t19-,20-,21-,23-,24-,27-,28+/m0/s1. The first-order valence-electron chi connectivity index (χ1n) is 13.1. The first-order chi connectivity index (χ1) is 15.9. The molecule has 190 valence electrons. The van der Waals surface area contributed by atoms with Gasteiger partial charge in [-0.3, -0.25) is 14.4 Å². The molecule has 6 heteroatoms. The lowest BCUT2D eigenvalue weighted by Crippen LogP contribution is -2.56. The molecule has 3 saturated carbocycles. The van der Waals surface area contributed by atoms with Gasteiger partial charge in [-0.25, -0.2) is 0 Å². The van der Waals surface area contributed by atoms with E-state index in [9.17, 15) is 14.4 Å². The molecule has 0 aromatic rings. The molecule has 3 fully saturated rings. The summed E-state index contributed by atoms with van der Waals surface area (Å²) < 4.78 is 17.4. The van der Waals surface area contributed by atoms with Crippen molar-refractivity contribution in [3.05, 3.63) is 11.6 Å². The Morgan fingerprint density at radius 2 is 1.74 bits per heavy atom. The van der Waals surface area contributed by atoms with Crippen LogP contribution in [0.2, 0.25) is 0 Å². The monoisotopic (exact) mass is 474 g/mol. The fourth-order valence-electron chi connectivity index (χ4n) is 7.65. The molecule has 0 amide bonds. The van der Waals surface area contributed by atoms with E-state index in [1.165, 1.54) is 19.4 Å². The van der Waals surface area contributed by atoms with E-state index < -0.39 is 5.41 Å². The topological polar surface area (TPSA) is 78.9 Å². The molecule has 7 atom stereocenters. The van der Waals surface area contributed by atoms with Gasteiger partial charge in [0.25, 0.3) is 0 Å². The van der Waals surface area contributed by atoms with E-state index in [1.807, 2.05) is 20.8 Å². The van der Waals surface area contributed by atoms with E-state index in [0.717, 1.165) is 51.4 Å². The van der Waals surface area contributed by atoms with Crippen molar-refractivity contribution < 1.29 is 28.6 Å². The van der Waals surface area contributed by atoms with Gasteiger partial charge >= 0.3 is 17.9 Å². The molecule has 0 spiro atoms. The summed E-state index contributed by atoms with van der Waals surface area (Å²) in [6.07, 6.45) is 9.73. The van der Waals surface area contributed by atoms with Crippen molar-refractivity contribution in [3.8, 4) is 0 Å². The Morgan fingerprint density at radius 3 is 2.38 bits per heavy atom. The van der Waals surface area contributed by atoms with Crippen LogP contribution in [0.25, 0.3) is 0 Å². The van der Waals surface area contributed by atoms with Crippen molar-refractivity contribution in [1.29, 1.82) is 0 Å². The highest BCUT2D eigenvalue weighted by atomic mass is 16.6. The lowest BCUT2D eigenvalue weighted by Gasteiger charge is -2.60. The Bertz CT molecular complexity index is 869. The highest BCUT2D eigenvalue weighted by molar-refractivity contribution is 5.75. The molecule has 6 nitrogen and oxygen atoms in total. The molecule has 0 aliphatic heterocycles. The average molecular weight is 475 g/mol. The second-order valence-corrected chi connectivity index (χ2v) is 12.5. The van der Waals surface area contributed by atoms with Crippen LogP contribution in [0.3, 0.4) is 0 Å². The average Bonchev–Trinajstić information content (AvgIpc) is 3.07. The number of carbonyl (C=O) groups is 3. The summed E-state index contributed by atoms with van der Waals surface area (Å²) in [5.41, 5.74) is 0.751. The maximum absolute atomic E-state index is 12.7. The van der Waals surface area contributed by atoms with Gasteiger partial charge in [0.15, 0.2) is 0 Å². The van der Waals surface area contributed by atoms with Gasteiger partial charge in [-0.15, -0.1) is 0 Å². The zero-order valence-corrected chi connectivity index (χ0v) is 21.8. The van der Waals surface area contributed by atoms with E-state index in [2.05, 4.69) is 13.0 Å². The van der Waals surface area contributed by atoms with Crippen LogP contribution < -0.4 is 0 Å². The number of hydrogen-bond donors (Lipinski definition) is 0. The normalized spacial score (nSPS) is 39.1. The number of hydrogen-bond acceptors (Lipinski definition) is 6. The maximum atomic E-state index is 12.7. The number of ether oxygens (including phenoxy) is 3. The fraction of sp³-hybridized carbons (Fsp3) is 0.821. The van der Waals surface area contributed by atoms with E-state index in [1.54, 1.807) is 0 Å². The number of esters is 3. The van der Waals surface area contributed by atoms with E-state index in [-0.39, 0.29) is 40.9 Å². The molecule has 0 aromatic heterocycles. The van der Waals surface area contributed by atoms with Crippen molar-refractivity contribution in [2.45, 2.75) is 105 Å². The van der Waals surface area contributed by atoms with Crippen LogP contribution in [-0.4, -0.2) is 36.7 Å². The first kappa shape index (κ1) is 25.2. The minimum atomic E-state index is -0.511. The summed E-state index contributed by atoms with van der Waals surface area (Å²) in [6, 6.07) is 0. The molecule has 0 N–H and O–H groups in total. The predicted octanol–water partition coefficient (Wildman–Crippen LogP) is 5.38. The summed E-state index contributed by atoms with van der Waals surface area (Å²) in [7, 11) is 0.